The summed E-state index contributed by atoms with van der Waals surface area (Å²) >= 11 is 0. The van der Waals surface area contributed by atoms with Gasteiger partial charge in [-0.3, -0.25) is 29.0 Å². The normalized spacial score (nSPS) is 25.7. The molecule has 0 N–H and O–H groups in total. The van der Waals surface area contributed by atoms with Crippen LogP contribution < -0.4 is 9.64 Å². The van der Waals surface area contributed by atoms with E-state index < -0.39 is 29.4 Å². The van der Waals surface area contributed by atoms with E-state index in [4.69, 9.17) is 9.47 Å². The highest BCUT2D eigenvalue weighted by Crippen LogP contribution is 2.47. The van der Waals surface area contributed by atoms with E-state index in [0.29, 0.717) is 11.4 Å². The fourth-order valence-corrected chi connectivity index (χ4v) is 4.79. The highest BCUT2D eigenvalue weighted by Gasteiger charge is 2.60. The number of nitrogens with zero attached hydrogens (tertiary/aromatic N) is 2. The van der Waals surface area contributed by atoms with Gasteiger partial charge in [-0.1, -0.05) is 30.3 Å². The Morgan fingerprint density at radius 1 is 0.938 bits per heavy atom. The van der Waals surface area contributed by atoms with Gasteiger partial charge in [0.1, 0.15) is 17.6 Å². The van der Waals surface area contributed by atoms with E-state index >= 15 is 0 Å². The molecule has 1 aliphatic carbocycles. The maximum absolute atomic E-state index is 13.4. The molecule has 0 radical (unpaired) electrons. The molecule has 3 heterocycles. The van der Waals surface area contributed by atoms with Crippen LogP contribution in [-0.2, 0) is 14.3 Å². The van der Waals surface area contributed by atoms with Crippen LogP contribution in [-0.4, -0.2) is 53.8 Å². The lowest BCUT2D eigenvalue weighted by Crippen LogP contribution is -2.69. The summed E-state index contributed by atoms with van der Waals surface area (Å²) in [5, 5.41) is 0. The summed E-state index contributed by atoms with van der Waals surface area (Å²) in [5.41, 5.74) is -0.361. The highest BCUT2D eigenvalue weighted by atomic mass is 16.5. The summed E-state index contributed by atoms with van der Waals surface area (Å²) in [5.74, 6) is -1.97. The van der Waals surface area contributed by atoms with Crippen LogP contribution in [0, 0.1) is 0 Å². The third-order valence-corrected chi connectivity index (χ3v) is 6.28. The molecule has 2 aromatic carbocycles. The molecule has 1 spiro atoms. The number of hydrogen-bond donors (Lipinski definition) is 0. The first-order valence-corrected chi connectivity index (χ1v) is 10.0. The molecule has 1 saturated heterocycles. The van der Waals surface area contributed by atoms with Crippen molar-refractivity contribution < 1.29 is 28.7 Å². The Kier molecular flexibility index (Phi) is 3.65. The summed E-state index contributed by atoms with van der Waals surface area (Å²) in [6.45, 7) is -0.0171. The first-order chi connectivity index (χ1) is 15.4. The zero-order valence-electron chi connectivity index (χ0n) is 16.9. The lowest BCUT2D eigenvalue weighted by Gasteiger charge is -2.50. The fourth-order valence-electron chi connectivity index (χ4n) is 4.79. The third kappa shape index (κ3) is 2.24. The molecule has 2 bridgehead atoms. The second kappa shape index (κ2) is 6.24. The van der Waals surface area contributed by atoms with Gasteiger partial charge in [0.2, 0.25) is 5.78 Å². The summed E-state index contributed by atoms with van der Waals surface area (Å²) in [6, 6.07) is 13.2. The van der Waals surface area contributed by atoms with Gasteiger partial charge in [0.25, 0.3) is 0 Å². The number of carbonyl (C=O) groups is 4. The van der Waals surface area contributed by atoms with E-state index in [0.717, 1.165) is 4.90 Å². The van der Waals surface area contributed by atoms with Gasteiger partial charge >= 0.3 is 11.8 Å². The third-order valence-electron chi connectivity index (χ3n) is 6.28. The van der Waals surface area contributed by atoms with Crippen LogP contribution in [0.2, 0.25) is 0 Å². The lowest BCUT2D eigenvalue weighted by atomic mass is 9.83. The highest BCUT2D eigenvalue weighted by molar-refractivity contribution is 6.43. The smallest absolute Gasteiger partial charge is 0.319 e. The summed E-state index contributed by atoms with van der Waals surface area (Å²) in [7, 11) is 1.53. The van der Waals surface area contributed by atoms with Crippen LogP contribution >= 0.6 is 0 Å². The Labute approximate surface area is 182 Å². The van der Waals surface area contributed by atoms with Crippen molar-refractivity contribution in [2.45, 2.75) is 11.8 Å². The summed E-state index contributed by atoms with van der Waals surface area (Å²) in [6.07, 6.45) is 2.55. The molecule has 8 nitrogen and oxygen atoms in total. The number of amides is 2. The topological polar surface area (TPSA) is 93.2 Å². The van der Waals surface area contributed by atoms with Gasteiger partial charge in [0.05, 0.1) is 19.2 Å². The van der Waals surface area contributed by atoms with E-state index in [2.05, 4.69) is 0 Å². The number of methoxy groups -OCH3 is 1. The van der Waals surface area contributed by atoms with Crippen molar-refractivity contribution in [2.75, 3.05) is 18.6 Å². The Hall–Kier alpha value is -4.04. The van der Waals surface area contributed by atoms with Crippen LogP contribution in [0.25, 0.3) is 0 Å². The van der Waals surface area contributed by atoms with Crippen molar-refractivity contribution in [2.24, 2.45) is 0 Å². The standard InChI is InChI=1S/C24H16N2O6/c1-31-14-8-6-13(7-9-14)25-12-24-11-10-17(32-24)18-19(26(24)23(30)22(25)29)21(28)16-5-3-2-4-15(16)20(18)27/h2-11,17H,12H2,1H3/t17-,24-/m0/s1. The predicted octanol–water partition coefficient (Wildman–Crippen LogP) is 1.87. The Morgan fingerprint density at radius 3 is 2.31 bits per heavy atom. The van der Waals surface area contributed by atoms with Gasteiger partial charge in [-0.05, 0) is 30.3 Å². The van der Waals surface area contributed by atoms with Crippen molar-refractivity contribution >= 4 is 29.1 Å². The maximum atomic E-state index is 13.4. The average Bonchev–Trinajstić information content (AvgIpc) is 3.17. The number of piperazine rings is 1. The number of fused-ring (bicyclic) bond motifs is 4. The van der Waals surface area contributed by atoms with Gasteiger partial charge in [-0.2, -0.15) is 0 Å². The first-order valence-electron chi connectivity index (χ1n) is 10.0. The molecule has 0 aromatic heterocycles. The van der Waals surface area contributed by atoms with E-state index in [1.165, 1.54) is 12.0 Å². The van der Waals surface area contributed by atoms with Crippen molar-refractivity contribution in [1.29, 1.82) is 0 Å². The summed E-state index contributed by atoms with van der Waals surface area (Å²) < 4.78 is 11.3. The number of carbonyl (C=O) groups excluding carboxylic acids is 4. The molecule has 6 rings (SSSR count). The van der Waals surface area contributed by atoms with Crippen LogP contribution in [0.4, 0.5) is 5.69 Å². The molecule has 0 unspecified atom stereocenters. The largest absolute Gasteiger partial charge is 0.497 e. The second-order valence-electron chi connectivity index (χ2n) is 7.94. The van der Waals surface area contributed by atoms with Crippen molar-refractivity contribution in [1.82, 2.24) is 4.90 Å². The number of Topliss-reactive ketones (excluding diaryl/α,β-unsaturated/α-hetero) is 2. The maximum Gasteiger partial charge on any atom is 0.319 e. The van der Waals surface area contributed by atoms with Gasteiger partial charge in [-0.25, -0.2) is 0 Å². The SMILES string of the molecule is COc1ccc(N2C[C@]34C=C[C@H](O3)C3=C(C(=O)c5ccccc5C3=O)N4C(=O)C2=O)cc1. The molecule has 4 aliphatic rings. The first kappa shape index (κ1) is 18.7. The minimum Gasteiger partial charge on any atom is -0.497 e. The van der Waals surface area contributed by atoms with Crippen LogP contribution in [0.5, 0.6) is 5.75 Å². The molecule has 2 amide bonds. The average molecular weight is 428 g/mol. The van der Waals surface area contributed by atoms with Crippen LogP contribution in [0.1, 0.15) is 20.7 Å². The van der Waals surface area contributed by atoms with E-state index in [1.807, 2.05) is 0 Å². The number of rotatable bonds is 2. The van der Waals surface area contributed by atoms with Gasteiger partial charge in [0.15, 0.2) is 11.5 Å². The number of benzene rings is 2. The Morgan fingerprint density at radius 2 is 1.62 bits per heavy atom. The van der Waals surface area contributed by atoms with E-state index in [9.17, 15) is 19.2 Å². The minimum atomic E-state index is -1.36. The van der Waals surface area contributed by atoms with E-state index in [1.54, 1.807) is 60.7 Å². The van der Waals surface area contributed by atoms with E-state index in [-0.39, 0.29) is 34.7 Å². The van der Waals surface area contributed by atoms with Gasteiger partial charge in [0, 0.05) is 16.8 Å². The Balaban J connectivity index is 1.48. The van der Waals surface area contributed by atoms with Crippen LogP contribution in [0.15, 0.2) is 72.0 Å². The number of ether oxygens (including phenoxy) is 2. The number of allylic oxidation sites excluding steroid dienone is 1. The molecular formula is C24H16N2O6. The molecule has 32 heavy (non-hydrogen) atoms. The number of anilines is 1. The van der Waals surface area contributed by atoms with Crippen molar-refractivity contribution in [3.63, 3.8) is 0 Å². The van der Waals surface area contributed by atoms with Gasteiger partial charge in [-0.15, -0.1) is 0 Å². The molecule has 2 atom stereocenters. The van der Waals surface area contributed by atoms with Crippen molar-refractivity contribution in [3.8, 4) is 5.75 Å². The molecule has 8 heteroatoms. The molecule has 1 fully saturated rings. The monoisotopic (exact) mass is 428 g/mol. The fraction of sp³-hybridized carbons (Fsp3) is 0.167. The Bertz CT molecular complexity index is 1310. The number of hydrogen-bond acceptors (Lipinski definition) is 6. The predicted molar refractivity (Wildman–Crippen MR) is 111 cm³/mol. The molecule has 158 valence electrons. The minimum absolute atomic E-state index is 0.0171. The molecular weight excluding hydrogens is 412 g/mol. The zero-order chi connectivity index (χ0) is 22.2. The van der Waals surface area contributed by atoms with Gasteiger partial charge < -0.3 is 9.47 Å². The lowest BCUT2D eigenvalue weighted by molar-refractivity contribution is -0.170. The molecule has 2 aromatic rings. The van der Waals surface area contributed by atoms with Crippen molar-refractivity contribution in [3.05, 3.63) is 83.1 Å². The second-order valence-corrected chi connectivity index (χ2v) is 7.94. The number of ketones is 2. The molecule has 0 saturated carbocycles. The quantitative estimate of drug-likeness (QED) is 0.536. The van der Waals surface area contributed by atoms with Crippen LogP contribution in [0.3, 0.4) is 0 Å². The summed E-state index contributed by atoms with van der Waals surface area (Å²) in [4.78, 5) is 55.5. The zero-order valence-corrected chi connectivity index (χ0v) is 16.9. The molecule has 3 aliphatic heterocycles.